The molecule has 0 spiro atoms. The van der Waals surface area contributed by atoms with E-state index in [0.717, 1.165) is 4.78 Å². The summed E-state index contributed by atoms with van der Waals surface area (Å²) in [4.78, 5) is 0. The topological polar surface area (TPSA) is 0 Å². The molecule has 0 rings (SSSR count). The molecule has 6 heavy (non-hydrogen) atoms. The smallest absolute Gasteiger partial charge is 0.0929 e. The first-order chi connectivity index (χ1) is 2.77. The lowest BCUT2D eigenvalue weighted by Gasteiger charge is -1.95. The summed E-state index contributed by atoms with van der Waals surface area (Å²) in [5.41, 5.74) is 0. The zero-order chi connectivity index (χ0) is 4.99. The average Bonchev–Trinajstić information content (AvgIpc) is 1.35. The molecular weight excluding hydrogens is 87.0 g/mol. The van der Waals surface area contributed by atoms with Crippen molar-refractivity contribution in [3.63, 3.8) is 0 Å². The Bertz CT molecular complexity index is 25.1. The summed E-state index contributed by atoms with van der Waals surface area (Å²) in [6, 6.07) is 0. The standard InChI is InChI=1S/C5H11.Al.2H/c1-3-5-4-2;;;/h3H,4-5H2,1-2H3;;;. The highest BCUT2D eigenvalue weighted by Gasteiger charge is 1.86. The van der Waals surface area contributed by atoms with E-state index in [0.29, 0.717) is 0 Å². The summed E-state index contributed by atoms with van der Waals surface area (Å²) in [6.07, 6.45) is 2.80. The van der Waals surface area contributed by atoms with Crippen LogP contribution >= 0.6 is 0 Å². The second kappa shape index (κ2) is 3.71. The van der Waals surface area contributed by atoms with Gasteiger partial charge in [-0.3, -0.25) is 0 Å². The van der Waals surface area contributed by atoms with Crippen LogP contribution in [0.1, 0.15) is 26.7 Å². The van der Waals surface area contributed by atoms with E-state index in [1.165, 1.54) is 29.1 Å². The van der Waals surface area contributed by atoms with Gasteiger partial charge in [0.2, 0.25) is 16.3 Å². The molecule has 0 N–H and O–H groups in total. The summed E-state index contributed by atoms with van der Waals surface area (Å²) in [5.74, 6) is 0. The van der Waals surface area contributed by atoms with Crippen LogP contribution in [0.15, 0.2) is 0 Å². The van der Waals surface area contributed by atoms with Crippen molar-refractivity contribution in [2.75, 3.05) is 0 Å². The Balaban J connectivity index is 2.63. The van der Waals surface area contributed by atoms with Crippen molar-refractivity contribution < 1.29 is 0 Å². The molecule has 0 aromatic rings. The molecular formula is C5H13Al. The van der Waals surface area contributed by atoms with E-state index in [1.54, 1.807) is 0 Å². The van der Waals surface area contributed by atoms with E-state index in [-0.39, 0.29) is 0 Å². The van der Waals surface area contributed by atoms with Gasteiger partial charge in [0.1, 0.15) is 0 Å². The fourth-order valence-electron chi connectivity index (χ4n) is 0.577. The Morgan fingerprint density at radius 2 is 2.17 bits per heavy atom. The zero-order valence-electron chi connectivity index (χ0n) is 4.99. The minimum Gasteiger partial charge on any atom is -0.0929 e. The van der Waals surface area contributed by atoms with E-state index in [2.05, 4.69) is 13.8 Å². The fraction of sp³-hybridized carbons (Fsp3) is 1.00. The quantitative estimate of drug-likeness (QED) is 0.458. The molecule has 0 saturated carbocycles. The molecule has 0 aromatic carbocycles. The average molecular weight is 100 g/mol. The largest absolute Gasteiger partial charge is 0.215 e. The molecule has 1 unspecified atom stereocenters. The molecule has 0 bridgehead atoms. The van der Waals surface area contributed by atoms with E-state index >= 15 is 0 Å². The Morgan fingerprint density at radius 1 is 1.67 bits per heavy atom. The molecule has 36 valence electrons. The van der Waals surface area contributed by atoms with E-state index in [1.807, 2.05) is 0 Å². The van der Waals surface area contributed by atoms with E-state index in [4.69, 9.17) is 0 Å². The highest BCUT2D eigenvalue weighted by molar-refractivity contribution is 6.11. The molecule has 0 aromatic heterocycles. The molecule has 0 fully saturated rings. The fourth-order valence-corrected chi connectivity index (χ4v) is 1.15. The normalized spacial score (nSPS) is 14.3. The first kappa shape index (κ1) is 6.53. The Morgan fingerprint density at radius 3 is 2.17 bits per heavy atom. The van der Waals surface area contributed by atoms with Crippen molar-refractivity contribution in [2.24, 2.45) is 0 Å². The predicted molar refractivity (Wildman–Crippen MR) is 32.9 cm³/mol. The van der Waals surface area contributed by atoms with Gasteiger partial charge in [-0.05, 0) is 0 Å². The monoisotopic (exact) mass is 100 g/mol. The lowest BCUT2D eigenvalue weighted by atomic mass is 10.3. The lowest BCUT2D eigenvalue weighted by molar-refractivity contribution is 0.769. The first-order valence-corrected chi connectivity index (χ1v) is 3.92. The van der Waals surface area contributed by atoms with Crippen LogP contribution in [-0.2, 0) is 0 Å². The third-order valence-electron chi connectivity index (χ3n) is 0.866. The maximum absolute atomic E-state index is 2.32. The van der Waals surface area contributed by atoms with Gasteiger partial charge in [0.15, 0.2) is 0 Å². The summed E-state index contributed by atoms with van der Waals surface area (Å²) >= 11 is 1.38. The minimum atomic E-state index is 1.04. The van der Waals surface area contributed by atoms with Crippen molar-refractivity contribution in [3.05, 3.63) is 0 Å². The second-order valence-corrected chi connectivity index (χ2v) is 4.15. The molecule has 0 aliphatic carbocycles. The summed E-state index contributed by atoms with van der Waals surface area (Å²) in [5, 5.41) is 0. The van der Waals surface area contributed by atoms with Crippen molar-refractivity contribution in [1.29, 1.82) is 0 Å². The van der Waals surface area contributed by atoms with Gasteiger partial charge in [-0.25, -0.2) is 0 Å². The van der Waals surface area contributed by atoms with Crippen LogP contribution in [0.5, 0.6) is 0 Å². The maximum Gasteiger partial charge on any atom is 0.215 e. The highest BCUT2D eigenvalue weighted by atomic mass is 27.0. The molecule has 0 radical (unpaired) electrons. The molecule has 0 saturated heterocycles. The van der Waals surface area contributed by atoms with Crippen molar-refractivity contribution in [1.82, 2.24) is 0 Å². The van der Waals surface area contributed by atoms with Crippen LogP contribution in [0, 0.1) is 0 Å². The van der Waals surface area contributed by atoms with Crippen molar-refractivity contribution in [3.8, 4) is 0 Å². The third-order valence-corrected chi connectivity index (χ3v) is 1.44. The van der Waals surface area contributed by atoms with Crippen molar-refractivity contribution >= 4 is 16.3 Å². The molecule has 0 aliphatic rings. The second-order valence-electron chi connectivity index (χ2n) is 2.18. The number of hydrogen-bond donors (Lipinski definition) is 0. The van der Waals surface area contributed by atoms with Gasteiger partial charge in [-0.2, -0.15) is 0 Å². The predicted octanol–water partition coefficient (Wildman–Crippen LogP) is 1.23. The summed E-state index contributed by atoms with van der Waals surface area (Å²) < 4.78 is 1.04. The van der Waals surface area contributed by atoms with Crippen LogP contribution < -0.4 is 0 Å². The van der Waals surface area contributed by atoms with Crippen LogP contribution in [0.3, 0.4) is 0 Å². The van der Waals surface area contributed by atoms with E-state index in [9.17, 15) is 0 Å². The maximum atomic E-state index is 2.32. The van der Waals surface area contributed by atoms with E-state index < -0.39 is 0 Å². The Labute approximate surface area is 48.4 Å². The van der Waals surface area contributed by atoms with Gasteiger partial charge >= 0.3 is 0 Å². The Kier molecular flexibility index (Phi) is 4.04. The van der Waals surface area contributed by atoms with Gasteiger partial charge in [0.25, 0.3) is 0 Å². The SMILES string of the molecule is CCC[CH](C)[AlH2]. The molecule has 0 nitrogen and oxygen atoms in total. The zero-order valence-corrected chi connectivity index (χ0v) is 6.99. The summed E-state index contributed by atoms with van der Waals surface area (Å²) in [6.45, 7) is 4.56. The van der Waals surface area contributed by atoms with Gasteiger partial charge < -0.3 is 0 Å². The summed E-state index contributed by atoms with van der Waals surface area (Å²) in [7, 11) is 0. The molecule has 1 atom stereocenters. The Hall–Kier alpha value is 0.532. The molecule has 1 heteroatoms. The third kappa shape index (κ3) is 4.53. The minimum absolute atomic E-state index is 1.04. The van der Waals surface area contributed by atoms with Crippen LogP contribution in [0.25, 0.3) is 0 Å². The lowest BCUT2D eigenvalue weighted by Crippen LogP contribution is -1.80. The van der Waals surface area contributed by atoms with Gasteiger partial charge in [0.05, 0.1) is 0 Å². The number of hydrogen-bond acceptors (Lipinski definition) is 0. The first-order valence-electron chi connectivity index (χ1n) is 2.77. The number of rotatable bonds is 2. The molecule has 0 aliphatic heterocycles. The molecule has 0 amide bonds. The van der Waals surface area contributed by atoms with Gasteiger partial charge in [0, 0.05) is 0 Å². The van der Waals surface area contributed by atoms with Crippen LogP contribution in [-0.4, -0.2) is 16.3 Å². The van der Waals surface area contributed by atoms with Gasteiger partial charge in [-0.1, -0.05) is 31.5 Å². The van der Waals surface area contributed by atoms with Crippen LogP contribution in [0.4, 0.5) is 0 Å². The van der Waals surface area contributed by atoms with Crippen molar-refractivity contribution in [2.45, 2.75) is 31.5 Å². The van der Waals surface area contributed by atoms with Gasteiger partial charge in [-0.15, -0.1) is 0 Å². The van der Waals surface area contributed by atoms with Crippen LogP contribution in [0.2, 0.25) is 4.78 Å². The highest BCUT2D eigenvalue weighted by Crippen LogP contribution is 2.03. The molecule has 0 heterocycles.